The number of carbonyl (C=O) groups is 2. The summed E-state index contributed by atoms with van der Waals surface area (Å²) < 4.78 is 0. The molecule has 5 nitrogen and oxygen atoms in total. The topological polar surface area (TPSA) is 60.9 Å². The number of hydrogen-bond acceptors (Lipinski definition) is 3. The zero-order chi connectivity index (χ0) is 15.0. The van der Waals surface area contributed by atoms with E-state index in [0.29, 0.717) is 25.3 Å². The molecule has 0 radical (unpaired) electrons. The van der Waals surface area contributed by atoms with Crippen molar-refractivity contribution in [2.45, 2.75) is 58.4 Å². The van der Waals surface area contributed by atoms with Gasteiger partial charge >= 0.3 is 5.97 Å². The molecule has 0 saturated carbocycles. The first-order chi connectivity index (χ1) is 9.58. The summed E-state index contributed by atoms with van der Waals surface area (Å²) in [5.74, 6) is -0.592. The molecule has 0 aliphatic carbocycles. The van der Waals surface area contributed by atoms with Gasteiger partial charge in [-0.3, -0.25) is 9.59 Å². The number of aliphatic carboxylic acids is 1. The summed E-state index contributed by atoms with van der Waals surface area (Å²) >= 11 is 0. The van der Waals surface area contributed by atoms with E-state index in [2.05, 4.69) is 18.7 Å². The third kappa shape index (κ3) is 5.49. The monoisotopic (exact) mass is 284 g/mol. The Morgan fingerprint density at radius 2 is 1.65 bits per heavy atom. The molecule has 0 aromatic carbocycles. The average molecular weight is 284 g/mol. The van der Waals surface area contributed by atoms with Crippen LogP contribution in [-0.2, 0) is 9.59 Å². The average Bonchev–Trinajstić information content (AvgIpc) is 2.45. The zero-order valence-corrected chi connectivity index (χ0v) is 12.8. The first kappa shape index (κ1) is 17.0. The molecule has 0 spiro atoms. The van der Waals surface area contributed by atoms with E-state index in [-0.39, 0.29) is 12.3 Å². The van der Waals surface area contributed by atoms with Crippen molar-refractivity contribution in [2.75, 3.05) is 26.2 Å². The lowest BCUT2D eigenvalue weighted by Crippen LogP contribution is -2.46. The van der Waals surface area contributed by atoms with Gasteiger partial charge in [-0.1, -0.05) is 13.8 Å². The van der Waals surface area contributed by atoms with E-state index >= 15 is 0 Å². The predicted molar refractivity (Wildman–Crippen MR) is 78.6 cm³/mol. The molecule has 0 aromatic heterocycles. The summed E-state index contributed by atoms with van der Waals surface area (Å²) in [6.45, 7) is 8.21. The molecular weight excluding hydrogens is 256 g/mol. The van der Waals surface area contributed by atoms with E-state index in [1.54, 1.807) is 0 Å². The lowest BCUT2D eigenvalue weighted by Gasteiger charge is -2.37. The Morgan fingerprint density at radius 3 is 2.15 bits per heavy atom. The van der Waals surface area contributed by atoms with E-state index in [9.17, 15) is 9.59 Å². The molecule has 0 atom stereocenters. The fourth-order valence-corrected chi connectivity index (χ4v) is 2.93. The van der Waals surface area contributed by atoms with Gasteiger partial charge in [0.25, 0.3) is 0 Å². The Morgan fingerprint density at radius 1 is 1.10 bits per heavy atom. The van der Waals surface area contributed by atoms with Crippen LogP contribution in [0.15, 0.2) is 0 Å². The minimum absolute atomic E-state index is 0.164. The number of carboxylic acid groups (broad SMARTS) is 1. The molecule has 5 heteroatoms. The maximum Gasteiger partial charge on any atom is 0.303 e. The van der Waals surface area contributed by atoms with Gasteiger partial charge in [0.15, 0.2) is 0 Å². The number of piperidine rings is 1. The highest BCUT2D eigenvalue weighted by Crippen LogP contribution is 2.17. The fourth-order valence-electron chi connectivity index (χ4n) is 2.93. The predicted octanol–water partition coefficient (Wildman–Crippen LogP) is 1.96. The van der Waals surface area contributed by atoms with Gasteiger partial charge in [-0.05, 0) is 38.8 Å². The van der Waals surface area contributed by atoms with E-state index in [1.807, 2.05) is 4.90 Å². The van der Waals surface area contributed by atoms with Crippen LogP contribution >= 0.6 is 0 Å². The van der Waals surface area contributed by atoms with E-state index in [4.69, 9.17) is 5.11 Å². The lowest BCUT2D eigenvalue weighted by atomic mass is 10.0. The minimum atomic E-state index is -0.780. The number of nitrogens with zero attached hydrogens (tertiary/aromatic N) is 2. The minimum Gasteiger partial charge on any atom is -0.481 e. The van der Waals surface area contributed by atoms with Gasteiger partial charge < -0.3 is 14.9 Å². The van der Waals surface area contributed by atoms with Crippen LogP contribution in [0.25, 0.3) is 0 Å². The molecule has 1 heterocycles. The second-order valence-electron chi connectivity index (χ2n) is 5.43. The summed E-state index contributed by atoms with van der Waals surface area (Å²) in [5.41, 5.74) is 0. The van der Waals surface area contributed by atoms with Crippen molar-refractivity contribution in [1.82, 2.24) is 9.80 Å². The van der Waals surface area contributed by atoms with Gasteiger partial charge in [0.05, 0.1) is 0 Å². The molecule has 20 heavy (non-hydrogen) atoms. The standard InChI is InChI=1S/C15H28N2O3/c1-3-16(4-2)13-9-11-17(12-10-13)14(18)7-5-6-8-15(19)20/h13H,3-12H2,1-2H3,(H,19,20). The third-order valence-corrected chi connectivity index (χ3v) is 4.18. The van der Waals surface area contributed by atoms with Crippen molar-refractivity contribution in [3.8, 4) is 0 Å². The van der Waals surface area contributed by atoms with E-state index < -0.39 is 5.97 Å². The van der Waals surface area contributed by atoms with Crippen LogP contribution in [0.5, 0.6) is 0 Å². The van der Waals surface area contributed by atoms with Crippen LogP contribution in [0.4, 0.5) is 0 Å². The number of carbonyl (C=O) groups excluding carboxylic acids is 1. The summed E-state index contributed by atoms with van der Waals surface area (Å²) in [7, 11) is 0. The Hall–Kier alpha value is -1.10. The molecule has 1 N–H and O–H groups in total. The molecule has 1 amide bonds. The van der Waals surface area contributed by atoms with E-state index in [0.717, 1.165) is 39.0 Å². The van der Waals surface area contributed by atoms with Gasteiger partial charge in [0, 0.05) is 32.0 Å². The maximum absolute atomic E-state index is 12.0. The Balaban J connectivity index is 2.23. The van der Waals surface area contributed by atoms with Gasteiger partial charge in [-0.25, -0.2) is 0 Å². The SMILES string of the molecule is CCN(CC)C1CCN(C(=O)CCCCC(=O)O)CC1. The number of amides is 1. The van der Waals surface area contributed by atoms with Crippen molar-refractivity contribution in [3.05, 3.63) is 0 Å². The van der Waals surface area contributed by atoms with Crippen molar-refractivity contribution in [2.24, 2.45) is 0 Å². The quantitative estimate of drug-likeness (QED) is 0.692. The Kier molecular flexibility index (Phi) is 7.59. The highest BCUT2D eigenvalue weighted by atomic mass is 16.4. The number of unbranched alkanes of at least 4 members (excludes halogenated alkanes) is 1. The first-order valence-corrected chi connectivity index (χ1v) is 7.82. The normalized spacial score (nSPS) is 16.6. The summed E-state index contributed by atoms with van der Waals surface area (Å²) in [6, 6.07) is 0.612. The fraction of sp³-hybridized carbons (Fsp3) is 0.867. The van der Waals surface area contributed by atoms with Crippen LogP contribution in [0, 0.1) is 0 Å². The molecule has 0 aromatic rings. The molecular formula is C15H28N2O3. The van der Waals surface area contributed by atoms with Gasteiger partial charge in [0.1, 0.15) is 0 Å². The number of likely N-dealkylation sites (tertiary alicyclic amines) is 1. The van der Waals surface area contributed by atoms with Crippen molar-refractivity contribution >= 4 is 11.9 Å². The maximum atomic E-state index is 12.0. The first-order valence-electron chi connectivity index (χ1n) is 7.82. The van der Waals surface area contributed by atoms with Gasteiger partial charge in [-0.2, -0.15) is 0 Å². The van der Waals surface area contributed by atoms with Crippen LogP contribution in [0.1, 0.15) is 52.4 Å². The second-order valence-corrected chi connectivity index (χ2v) is 5.43. The zero-order valence-electron chi connectivity index (χ0n) is 12.8. The highest BCUT2D eigenvalue weighted by molar-refractivity contribution is 5.76. The molecule has 0 bridgehead atoms. The molecule has 0 unspecified atom stereocenters. The molecule has 1 aliphatic heterocycles. The van der Waals surface area contributed by atoms with Crippen LogP contribution in [0.3, 0.4) is 0 Å². The molecule has 1 fully saturated rings. The molecule has 1 aliphatic rings. The van der Waals surface area contributed by atoms with Gasteiger partial charge in [0.2, 0.25) is 5.91 Å². The van der Waals surface area contributed by atoms with Crippen molar-refractivity contribution in [1.29, 1.82) is 0 Å². The lowest BCUT2D eigenvalue weighted by molar-refractivity contribution is -0.137. The number of hydrogen-bond donors (Lipinski definition) is 1. The second kappa shape index (κ2) is 8.95. The number of rotatable bonds is 8. The summed E-state index contributed by atoms with van der Waals surface area (Å²) in [5, 5.41) is 8.56. The van der Waals surface area contributed by atoms with Gasteiger partial charge in [-0.15, -0.1) is 0 Å². The van der Waals surface area contributed by atoms with Crippen LogP contribution in [0.2, 0.25) is 0 Å². The molecule has 1 saturated heterocycles. The summed E-state index contributed by atoms with van der Waals surface area (Å²) in [6.07, 6.45) is 4.05. The largest absolute Gasteiger partial charge is 0.481 e. The van der Waals surface area contributed by atoms with Crippen LogP contribution in [-0.4, -0.2) is 59.0 Å². The van der Waals surface area contributed by atoms with Crippen molar-refractivity contribution in [3.63, 3.8) is 0 Å². The number of carboxylic acids is 1. The highest BCUT2D eigenvalue weighted by Gasteiger charge is 2.25. The van der Waals surface area contributed by atoms with Crippen molar-refractivity contribution < 1.29 is 14.7 Å². The summed E-state index contributed by atoms with van der Waals surface area (Å²) in [4.78, 5) is 26.8. The Bertz CT molecular complexity index is 308. The molecule has 1 rings (SSSR count). The Labute approximate surface area is 121 Å². The smallest absolute Gasteiger partial charge is 0.303 e. The van der Waals surface area contributed by atoms with Crippen LogP contribution < -0.4 is 0 Å². The van der Waals surface area contributed by atoms with E-state index in [1.165, 1.54) is 0 Å². The third-order valence-electron chi connectivity index (χ3n) is 4.18. The molecule has 116 valence electrons.